The van der Waals surface area contributed by atoms with Crippen LogP contribution in [-0.2, 0) is 4.74 Å². The molecule has 0 fully saturated rings. The molecule has 0 aromatic rings. The second-order valence-electron chi connectivity index (χ2n) is 4.39. The summed E-state index contributed by atoms with van der Waals surface area (Å²) >= 11 is 0.908. The van der Waals surface area contributed by atoms with Crippen LogP contribution in [0, 0.1) is 5.41 Å². The van der Waals surface area contributed by atoms with Crippen molar-refractivity contribution in [3.05, 3.63) is 0 Å². The Labute approximate surface area is 101 Å². The number of amides is 1. The van der Waals surface area contributed by atoms with Crippen molar-refractivity contribution in [1.29, 1.82) is 5.41 Å². The van der Waals surface area contributed by atoms with Gasteiger partial charge in [-0.3, -0.25) is 5.41 Å². The summed E-state index contributed by atoms with van der Waals surface area (Å²) in [6.07, 6.45) is 1.39. The summed E-state index contributed by atoms with van der Waals surface area (Å²) < 4.78 is 6.60. The Morgan fingerprint density at radius 2 is 2.06 bits per heavy atom. The maximum atomic E-state index is 11.7. The van der Waals surface area contributed by atoms with E-state index < -0.39 is 11.7 Å². The van der Waals surface area contributed by atoms with Crippen molar-refractivity contribution in [1.82, 2.24) is 4.31 Å². The number of carbonyl (C=O) groups excluding carboxylic acids is 1. The largest absolute Gasteiger partial charge is 0.443 e. The van der Waals surface area contributed by atoms with Crippen molar-refractivity contribution in [3.8, 4) is 0 Å². The Balaban J connectivity index is 4.37. The van der Waals surface area contributed by atoms with Gasteiger partial charge in [0, 0.05) is 18.5 Å². The number of nitrogens with one attached hydrogen (secondary N) is 1. The molecule has 0 saturated carbocycles. The molecule has 0 unspecified atom stereocenters. The number of unbranched alkanes of at least 4 members (excludes halogenated alkanes) is 1. The molecule has 0 aliphatic carbocycles. The lowest BCUT2D eigenvalue weighted by Gasteiger charge is -2.25. The SMILES string of the molecule is CCCCN(SC(=N)N)C(=O)OC(C)(C)C. The van der Waals surface area contributed by atoms with Crippen LogP contribution in [0.4, 0.5) is 4.79 Å². The van der Waals surface area contributed by atoms with E-state index in [1.54, 1.807) is 20.8 Å². The van der Waals surface area contributed by atoms with Crippen LogP contribution >= 0.6 is 11.9 Å². The highest BCUT2D eigenvalue weighted by molar-refractivity contribution is 8.12. The van der Waals surface area contributed by atoms with Crippen LogP contribution in [0.2, 0.25) is 0 Å². The minimum absolute atomic E-state index is 0.109. The lowest BCUT2D eigenvalue weighted by atomic mass is 10.2. The fourth-order valence-corrected chi connectivity index (χ4v) is 1.48. The Bertz CT molecular complexity index is 251. The number of nitrogens with zero attached hydrogens (tertiary/aromatic N) is 1. The number of hydrogen-bond acceptors (Lipinski definition) is 4. The Morgan fingerprint density at radius 3 is 2.44 bits per heavy atom. The van der Waals surface area contributed by atoms with Crippen LogP contribution < -0.4 is 5.73 Å². The second kappa shape index (κ2) is 6.62. The zero-order valence-electron chi connectivity index (χ0n) is 10.4. The van der Waals surface area contributed by atoms with Crippen LogP contribution in [-0.4, -0.2) is 27.7 Å². The predicted molar refractivity (Wildman–Crippen MR) is 67.4 cm³/mol. The molecule has 0 aliphatic heterocycles. The average molecular weight is 247 g/mol. The summed E-state index contributed by atoms with van der Waals surface area (Å²) in [5.41, 5.74) is 4.73. The first kappa shape index (κ1) is 15.1. The van der Waals surface area contributed by atoms with Crippen LogP contribution in [0.3, 0.4) is 0 Å². The quantitative estimate of drug-likeness (QED) is 0.456. The summed E-state index contributed by atoms with van der Waals surface area (Å²) in [5.74, 6) is 0. The number of hydrogen-bond donors (Lipinski definition) is 2. The standard InChI is InChI=1S/C10H21N3O2S/c1-5-6-7-13(16-8(11)12)9(14)15-10(2,3)4/h5-7H2,1-4H3,(H3,11,12). The maximum Gasteiger partial charge on any atom is 0.420 e. The van der Waals surface area contributed by atoms with Crippen molar-refractivity contribution in [2.24, 2.45) is 5.73 Å². The first-order chi connectivity index (χ1) is 7.26. The van der Waals surface area contributed by atoms with Gasteiger partial charge in [-0.15, -0.1) is 0 Å². The van der Waals surface area contributed by atoms with E-state index in [2.05, 4.69) is 0 Å². The third-order valence-corrected chi connectivity index (χ3v) is 2.27. The topological polar surface area (TPSA) is 79.4 Å². The van der Waals surface area contributed by atoms with Gasteiger partial charge < -0.3 is 10.5 Å². The van der Waals surface area contributed by atoms with Gasteiger partial charge in [0.1, 0.15) is 5.60 Å². The highest BCUT2D eigenvalue weighted by Gasteiger charge is 2.22. The molecule has 6 heteroatoms. The molecule has 16 heavy (non-hydrogen) atoms. The van der Waals surface area contributed by atoms with Crippen LogP contribution in [0.1, 0.15) is 40.5 Å². The monoisotopic (exact) mass is 247 g/mol. The third-order valence-electron chi connectivity index (χ3n) is 1.52. The zero-order chi connectivity index (χ0) is 12.8. The second-order valence-corrected chi connectivity index (χ2v) is 5.45. The van der Waals surface area contributed by atoms with Crippen LogP contribution in [0.15, 0.2) is 0 Å². The van der Waals surface area contributed by atoms with Gasteiger partial charge in [-0.1, -0.05) is 13.3 Å². The molecule has 0 aromatic carbocycles. The minimum atomic E-state index is -0.529. The Kier molecular flexibility index (Phi) is 6.25. The molecule has 0 bridgehead atoms. The summed E-state index contributed by atoms with van der Waals surface area (Å²) in [4.78, 5) is 11.7. The number of amidine groups is 1. The molecule has 1 amide bonds. The van der Waals surface area contributed by atoms with Crippen molar-refractivity contribution in [2.45, 2.75) is 46.1 Å². The summed E-state index contributed by atoms with van der Waals surface area (Å²) in [5, 5.41) is 7.07. The van der Waals surface area contributed by atoms with Gasteiger partial charge in [0.05, 0.1) is 0 Å². The maximum absolute atomic E-state index is 11.7. The van der Waals surface area contributed by atoms with Crippen molar-refractivity contribution >= 4 is 23.2 Å². The number of nitrogens with two attached hydrogens (primary N) is 1. The molecular formula is C10H21N3O2S. The van der Waals surface area contributed by atoms with E-state index in [1.165, 1.54) is 4.31 Å². The summed E-state index contributed by atoms with van der Waals surface area (Å²) in [6.45, 7) is 7.99. The van der Waals surface area contributed by atoms with E-state index in [1.807, 2.05) is 6.92 Å². The van der Waals surface area contributed by atoms with E-state index in [-0.39, 0.29) is 5.17 Å². The fourth-order valence-electron chi connectivity index (χ4n) is 0.907. The van der Waals surface area contributed by atoms with Gasteiger partial charge in [-0.2, -0.15) is 0 Å². The number of rotatable bonds is 3. The van der Waals surface area contributed by atoms with Crippen molar-refractivity contribution in [2.75, 3.05) is 6.54 Å². The Hall–Kier alpha value is -0.910. The lowest BCUT2D eigenvalue weighted by Crippen LogP contribution is -2.34. The molecule has 0 radical (unpaired) electrons. The zero-order valence-corrected chi connectivity index (χ0v) is 11.2. The van der Waals surface area contributed by atoms with Crippen LogP contribution in [0.25, 0.3) is 0 Å². The van der Waals surface area contributed by atoms with Crippen LogP contribution in [0.5, 0.6) is 0 Å². The summed E-state index contributed by atoms with van der Waals surface area (Å²) in [6, 6.07) is 0. The fraction of sp³-hybridized carbons (Fsp3) is 0.800. The number of ether oxygens (including phenoxy) is 1. The molecule has 94 valence electrons. The van der Waals surface area contributed by atoms with Gasteiger partial charge in [0.15, 0.2) is 5.17 Å². The summed E-state index contributed by atoms with van der Waals surface area (Å²) in [7, 11) is 0. The van der Waals surface area contributed by atoms with E-state index in [0.29, 0.717) is 6.54 Å². The normalized spacial score (nSPS) is 11.0. The first-order valence-electron chi connectivity index (χ1n) is 5.28. The lowest BCUT2D eigenvalue weighted by molar-refractivity contribution is 0.0405. The first-order valence-corrected chi connectivity index (χ1v) is 6.06. The van der Waals surface area contributed by atoms with E-state index in [4.69, 9.17) is 15.9 Å². The van der Waals surface area contributed by atoms with Gasteiger partial charge in [0.25, 0.3) is 0 Å². The molecular weight excluding hydrogens is 226 g/mol. The van der Waals surface area contributed by atoms with E-state index >= 15 is 0 Å². The minimum Gasteiger partial charge on any atom is -0.443 e. The number of carbonyl (C=O) groups is 1. The molecule has 0 atom stereocenters. The van der Waals surface area contributed by atoms with E-state index in [0.717, 1.165) is 24.8 Å². The van der Waals surface area contributed by atoms with Crippen molar-refractivity contribution < 1.29 is 9.53 Å². The molecule has 0 rings (SSSR count). The highest BCUT2D eigenvalue weighted by atomic mass is 32.2. The molecule has 5 nitrogen and oxygen atoms in total. The van der Waals surface area contributed by atoms with Gasteiger partial charge in [-0.25, -0.2) is 9.10 Å². The predicted octanol–water partition coefficient (Wildman–Crippen LogP) is 2.57. The molecule has 0 heterocycles. The smallest absolute Gasteiger partial charge is 0.420 e. The molecule has 0 aromatic heterocycles. The third kappa shape index (κ3) is 7.39. The Morgan fingerprint density at radius 1 is 1.50 bits per heavy atom. The highest BCUT2D eigenvalue weighted by Crippen LogP contribution is 2.17. The molecule has 0 aliphatic rings. The molecule has 0 spiro atoms. The van der Waals surface area contributed by atoms with Gasteiger partial charge >= 0.3 is 6.09 Å². The van der Waals surface area contributed by atoms with Crippen molar-refractivity contribution in [3.63, 3.8) is 0 Å². The molecule has 3 N–H and O–H groups in total. The molecule has 0 saturated heterocycles. The average Bonchev–Trinajstić information content (AvgIpc) is 2.08. The van der Waals surface area contributed by atoms with E-state index in [9.17, 15) is 4.79 Å². The van der Waals surface area contributed by atoms with Gasteiger partial charge in [-0.05, 0) is 27.2 Å². The van der Waals surface area contributed by atoms with Gasteiger partial charge in [0.2, 0.25) is 0 Å².